The summed E-state index contributed by atoms with van der Waals surface area (Å²) in [6, 6.07) is 6.65. The van der Waals surface area contributed by atoms with Crippen LogP contribution in [0.3, 0.4) is 0 Å². The Morgan fingerprint density at radius 2 is 2.05 bits per heavy atom. The summed E-state index contributed by atoms with van der Waals surface area (Å²) in [4.78, 5) is 9.26. The van der Waals surface area contributed by atoms with Gasteiger partial charge < -0.3 is 9.42 Å². The Kier molecular flexibility index (Phi) is 4.43. The van der Waals surface area contributed by atoms with Gasteiger partial charge in [0.1, 0.15) is 11.6 Å². The van der Waals surface area contributed by atoms with E-state index in [1.165, 1.54) is 5.56 Å². The number of hydrogen-bond acceptors (Lipinski definition) is 5. The molecule has 0 unspecified atom stereocenters. The molecule has 0 bridgehead atoms. The van der Waals surface area contributed by atoms with Gasteiger partial charge in [0, 0.05) is 44.5 Å². The summed E-state index contributed by atoms with van der Waals surface area (Å²) >= 11 is 0. The largest absolute Gasteiger partial charge is 0.361 e. The van der Waals surface area contributed by atoms with Gasteiger partial charge in [-0.15, -0.1) is 0 Å². The monoisotopic (exact) mass is 300 g/mol. The number of hydrogen-bond donors (Lipinski definition) is 0. The molecule has 0 aromatic carbocycles. The van der Waals surface area contributed by atoms with E-state index < -0.39 is 0 Å². The summed E-state index contributed by atoms with van der Waals surface area (Å²) in [6.07, 6.45) is 4.19. The average Bonchev–Trinajstić information content (AvgIpc) is 2.88. The molecule has 3 heterocycles. The van der Waals surface area contributed by atoms with E-state index >= 15 is 0 Å². The molecule has 5 nitrogen and oxygen atoms in total. The summed E-state index contributed by atoms with van der Waals surface area (Å²) in [5.74, 6) is 2.01. The molecule has 0 amide bonds. The molecule has 1 aliphatic heterocycles. The molecule has 3 rings (SSSR count). The molecule has 2 aromatic heterocycles. The lowest BCUT2D eigenvalue weighted by Crippen LogP contribution is -2.43. The lowest BCUT2D eigenvalue weighted by atomic mass is 10.0. The van der Waals surface area contributed by atoms with Gasteiger partial charge in [0.25, 0.3) is 0 Å². The van der Waals surface area contributed by atoms with Crippen molar-refractivity contribution >= 4 is 5.82 Å². The van der Waals surface area contributed by atoms with Crippen LogP contribution in [0.25, 0.3) is 0 Å². The number of nitrogens with zero attached hydrogens (tertiary/aromatic N) is 4. The number of pyridine rings is 1. The third kappa shape index (κ3) is 3.14. The molecule has 0 spiro atoms. The van der Waals surface area contributed by atoms with Gasteiger partial charge in [0.2, 0.25) is 0 Å². The van der Waals surface area contributed by atoms with E-state index in [1.807, 2.05) is 32.2 Å². The molecule has 0 N–H and O–H groups in total. The van der Waals surface area contributed by atoms with Crippen molar-refractivity contribution < 1.29 is 4.52 Å². The van der Waals surface area contributed by atoms with E-state index in [4.69, 9.17) is 4.52 Å². The van der Waals surface area contributed by atoms with E-state index in [2.05, 4.69) is 33.1 Å². The van der Waals surface area contributed by atoms with E-state index in [-0.39, 0.29) is 0 Å². The van der Waals surface area contributed by atoms with Crippen LogP contribution in [0.4, 0.5) is 5.82 Å². The van der Waals surface area contributed by atoms with Crippen molar-refractivity contribution in [1.29, 1.82) is 0 Å². The molecule has 0 atom stereocenters. The Labute approximate surface area is 131 Å². The predicted octanol–water partition coefficient (Wildman–Crippen LogP) is 2.79. The van der Waals surface area contributed by atoms with E-state index in [9.17, 15) is 0 Å². The van der Waals surface area contributed by atoms with E-state index in [0.717, 1.165) is 49.7 Å². The molecule has 118 valence electrons. The summed E-state index contributed by atoms with van der Waals surface area (Å²) in [5.41, 5.74) is 2.27. The minimum Gasteiger partial charge on any atom is -0.361 e. The fourth-order valence-electron chi connectivity index (χ4n) is 3.17. The lowest BCUT2D eigenvalue weighted by molar-refractivity contribution is 0.202. The van der Waals surface area contributed by atoms with Crippen molar-refractivity contribution in [3.8, 4) is 0 Å². The van der Waals surface area contributed by atoms with Gasteiger partial charge in [0.15, 0.2) is 0 Å². The molecule has 1 fully saturated rings. The van der Waals surface area contributed by atoms with Gasteiger partial charge in [-0.1, -0.05) is 11.2 Å². The maximum absolute atomic E-state index is 5.26. The lowest BCUT2D eigenvalue weighted by Gasteiger charge is -2.37. The number of aromatic nitrogens is 2. The number of aryl methyl sites for hydroxylation is 2. The normalized spacial score (nSPS) is 16.9. The Morgan fingerprint density at radius 1 is 1.27 bits per heavy atom. The maximum Gasteiger partial charge on any atom is 0.138 e. The highest BCUT2D eigenvalue weighted by molar-refractivity contribution is 5.38. The molecular weight excluding hydrogens is 276 g/mol. The highest BCUT2D eigenvalue weighted by Gasteiger charge is 2.24. The van der Waals surface area contributed by atoms with Crippen LogP contribution in [-0.4, -0.2) is 41.2 Å². The smallest absolute Gasteiger partial charge is 0.138 e. The van der Waals surface area contributed by atoms with Crippen molar-refractivity contribution in [2.75, 3.05) is 25.0 Å². The Morgan fingerprint density at radius 3 is 2.64 bits per heavy atom. The van der Waals surface area contributed by atoms with Crippen LogP contribution >= 0.6 is 0 Å². The quantitative estimate of drug-likeness (QED) is 0.869. The second kappa shape index (κ2) is 6.48. The standard InChI is InChI=1S/C17H24N4O/c1-13-16(14(2)22-19-13)12-21-10-7-15(8-11-21)20(3)17-6-4-5-9-18-17/h4-6,9,15H,7-8,10-12H2,1-3H3. The fraction of sp³-hybridized carbons (Fsp3) is 0.529. The number of rotatable bonds is 4. The highest BCUT2D eigenvalue weighted by Crippen LogP contribution is 2.22. The zero-order valence-corrected chi connectivity index (χ0v) is 13.6. The first-order valence-electron chi connectivity index (χ1n) is 7.93. The van der Waals surface area contributed by atoms with Crippen LogP contribution in [0.2, 0.25) is 0 Å². The van der Waals surface area contributed by atoms with Crippen molar-refractivity contribution in [1.82, 2.24) is 15.0 Å². The fourth-order valence-corrected chi connectivity index (χ4v) is 3.17. The number of anilines is 1. The molecule has 0 aliphatic carbocycles. The van der Waals surface area contributed by atoms with Crippen molar-refractivity contribution in [3.63, 3.8) is 0 Å². The van der Waals surface area contributed by atoms with Gasteiger partial charge >= 0.3 is 0 Å². The van der Waals surface area contributed by atoms with Crippen LogP contribution in [0, 0.1) is 13.8 Å². The molecule has 1 aliphatic rings. The molecule has 0 saturated carbocycles. The first-order valence-corrected chi connectivity index (χ1v) is 7.93. The Bertz CT molecular complexity index is 583. The van der Waals surface area contributed by atoms with Gasteiger partial charge in [-0.3, -0.25) is 4.90 Å². The second-order valence-electron chi connectivity index (χ2n) is 6.11. The Balaban J connectivity index is 1.56. The van der Waals surface area contributed by atoms with Crippen molar-refractivity contribution in [2.45, 2.75) is 39.3 Å². The van der Waals surface area contributed by atoms with Gasteiger partial charge in [-0.05, 0) is 38.8 Å². The molecular formula is C17H24N4O. The third-order valence-electron chi connectivity index (χ3n) is 4.68. The van der Waals surface area contributed by atoms with E-state index in [0.29, 0.717) is 6.04 Å². The van der Waals surface area contributed by atoms with Crippen molar-refractivity contribution in [2.24, 2.45) is 0 Å². The zero-order chi connectivity index (χ0) is 15.5. The second-order valence-corrected chi connectivity index (χ2v) is 6.11. The number of piperidine rings is 1. The minimum absolute atomic E-state index is 0.566. The molecule has 22 heavy (non-hydrogen) atoms. The minimum atomic E-state index is 0.566. The SMILES string of the molecule is Cc1noc(C)c1CN1CCC(N(C)c2ccccn2)CC1. The summed E-state index contributed by atoms with van der Waals surface area (Å²) in [7, 11) is 2.15. The predicted molar refractivity (Wildman–Crippen MR) is 86.9 cm³/mol. The molecule has 2 aromatic rings. The first-order chi connectivity index (χ1) is 10.6. The molecule has 0 radical (unpaired) electrons. The van der Waals surface area contributed by atoms with Crippen LogP contribution in [0.5, 0.6) is 0 Å². The summed E-state index contributed by atoms with van der Waals surface area (Å²) < 4.78 is 5.26. The van der Waals surface area contributed by atoms with Crippen molar-refractivity contribution in [3.05, 3.63) is 41.4 Å². The van der Waals surface area contributed by atoms with Gasteiger partial charge in [-0.2, -0.15) is 0 Å². The van der Waals surface area contributed by atoms with Gasteiger partial charge in [0.05, 0.1) is 5.69 Å². The summed E-state index contributed by atoms with van der Waals surface area (Å²) in [5, 5.41) is 4.05. The van der Waals surface area contributed by atoms with E-state index in [1.54, 1.807) is 0 Å². The van der Waals surface area contributed by atoms with Crippen LogP contribution in [0.1, 0.15) is 29.9 Å². The van der Waals surface area contributed by atoms with Gasteiger partial charge in [-0.25, -0.2) is 4.98 Å². The zero-order valence-electron chi connectivity index (χ0n) is 13.6. The summed E-state index contributed by atoms with van der Waals surface area (Å²) in [6.45, 7) is 7.17. The molecule has 1 saturated heterocycles. The van der Waals surface area contributed by atoms with Crippen LogP contribution < -0.4 is 4.90 Å². The number of likely N-dealkylation sites (tertiary alicyclic amines) is 1. The third-order valence-corrected chi connectivity index (χ3v) is 4.68. The van der Waals surface area contributed by atoms with Crippen LogP contribution in [-0.2, 0) is 6.54 Å². The van der Waals surface area contributed by atoms with Crippen LogP contribution in [0.15, 0.2) is 28.9 Å². The first kappa shape index (κ1) is 15.0. The Hall–Kier alpha value is -1.88. The highest BCUT2D eigenvalue weighted by atomic mass is 16.5. The maximum atomic E-state index is 5.26. The molecule has 5 heteroatoms. The average molecular weight is 300 g/mol. The topological polar surface area (TPSA) is 45.4 Å².